The number of rotatable bonds is 8. The normalized spacial score (nSPS) is 15.8. The fourth-order valence-corrected chi connectivity index (χ4v) is 3.78. The first-order valence-electron chi connectivity index (χ1n) is 11.0. The van der Waals surface area contributed by atoms with Gasteiger partial charge in [-0.05, 0) is 37.5 Å². The molecule has 0 spiro atoms. The number of para-hydroxylation sites is 2. The quantitative estimate of drug-likeness (QED) is 0.577. The van der Waals surface area contributed by atoms with Crippen LogP contribution in [0.1, 0.15) is 25.3 Å². The Kier molecular flexibility index (Phi) is 7.17. The van der Waals surface area contributed by atoms with Gasteiger partial charge in [0.15, 0.2) is 17.3 Å². The van der Waals surface area contributed by atoms with Crippen LogP contribution in [0.5, 0.6) is 11.5 Å². The number of amides is 1. The maximum Gasteiger partial charge on any atom is 0.229 e. The van der Waals surface area contributed by atoms with E-state index in [9.17, 15) is 4.79 Å². The Hall–Kier alpha value is -3.61. The molecule has 1 amide bonds. The summed E-state index contributed by atoms with van der Waals surface area (Å²) < 4.78 is 12.0. The Balaban J connectivity index is 1.39. The van der Waals surface area contributed by atoms with E-state index in [1.807, 2.05) is 61.5 Å². The van der Waals surface area contributed by atoms with Crippen molar-refractivity contribution in [1.29, 1.82) is 0 Å². The summed E-state index contributed by atoms with van der Waals surface area (Å²) in [6.07, 6.45) is 5.55. The first-order chi connectivity index (χ1) is 15.7. The van der Waals surface area contributed by atoms with E-state index >= 15 is 0 Å². The number of nitrogens with one attached hydrogen (secondary N) is 1. The zero-order valence-corrected chi connectivity index (χ0v) is 18.2. The molecule has 32 heavy (non-hydrogen) atoms. The van der Waals surface area contributed by atoms with Crippen LogP contribution in [-0.4, -0.2) is 41.7 Å². The molecular weight excluding hydrogens is 404 g/mol. The number of anilines is 2. The van der Waals surface area contributed by atoms with Crippen molar-refractivity contribution in [3.8, 4) is 11.5 Å². The summed E-state index contributed by atoms with van der Waals surface area (Å²) in [5, 5.41) is 2.86. The highest BCUT2D eigenvalue weighted by Gasteiger charge is 2.24. The third-order valence-corrected chi connectivity index (χ3v) is 5.24. The van der Waals surface area contributed by atoms with E-state index in [-0.39, 0.29) is 12.0 Å². The van der Waals surface area contributed by atoms with Gasteiger partial charge in [0.1, 0.15) is 11.9 Å². The van der Waals surface area contributed by atoms with E-state index < -0.39 is 0 Å². The predicted octanol–water partition coefficient (Wildman–Crippen LogP) is 4.10. The first-order valence-corrected chi connectivity index (χ1v) is 11.0. The summed E-state index contributed by atoms with van der Waals surface area (Å²) >= 11 is 0. The third-order valence-electron chi connectivity index (χ3n) is 5.24. The van der Waals surface area contributed by atoms with Crippen molar-refractivity contribution in [2.24, 2.45) is 0 Å². The Morgan fingerprint density at radius 3 is 2.69 bits per heavy atom. The molecule has 0 radical (unpaired) electrons. The summed E-state index contributed by atoms with van der Waals surface area (Å²) in [7, 11) is 0. The summed E-state index contributed by atoms with van der Waals surface area (Å²) in [6, 6.07) is 17.4. The number of nitrogens with zero attached hydrogens (tertiary/aromatic N) is 3. The van der Waals surface area contributed by atoms with E-state index in [0.717, 1.165) is 42.3 Å². The van der Waals surface area contributed by atoms with Gasteiger partial charge in [0, 0.05) is 6.54 Å². The molecule has 166 valence electrons. The van der Waals surface area contributed by atoms with Crippen LogP contribution in [0.4, 0.5) is 11.6 Å². The molecule has 2 aromatic carbocycles. The van der Waals surface area contributed by atoms with Gasteiger partial charge in [0.25, 0.3) is 0 Å². The van der Waals surface area contributed by atoms with E-state index in [0.29, 0.717) is 25.4 Å². The van der Waals surface area contributed by atoms with Crippen LogP contribution in [0, 0.1) is 0 Å². The molecule has 1 atom stereocenters. The van der Waals surface area contributed by atoms with Crippen LogP contribution >= 0.6 is 0 Å². The van der Waals surface area contributed by atoms with Gasteiger partial charge in [0.2, 0.25) is 5.91 Å². The number of ether oxygens (including phenoxy) is 2. The summed E-state index contributed by atoms with van der Waals surface area (Å²) in [6.45, 7) is 4.11. The highest BCUT2D eigenvalue weighted by atomic mass is 16.5. The second-order valence-electron chi connectivity index (χ2n) is 7.68. The van der Waals surface area contributed by atoms with Crippen molar-refractivity contribution in [1.82, 2.24) is 9.97 Å². The zero-order valence-electron chi connectivity index (χ0n) is 18.2. The second kappa shape index (κ2) is 10.6. The molecule has 2 heterocycles. The average molecular weight is 433 g/mol. The first kappa shape index (κ1) is 21.6. The van der Waals surface area contributed by atoms with Crippen molar-refractivity contribution in [3.63, 3.8) is 0 Å². The lowest BCUT2D eigenvalue weighted by molar-refractivity contribution is -0.115. The maximum atomic E-state index is 12.4. The molecule has 3 aromatic rings. The standard InChI is InChI=1S/C25H28N4O3/c1-2-31-21-12-6-7-13-22(21)32-20-11-8-14-29(18-20)24-17-26-16-23(27-24)28-25(30)15-19-9-4-3-5-10-19/h3-7,9-10,12-13,16-17,20H,2,8,11,14-15,18H2,1H3,(H,27,28,30). The Morgan fingerprint density at radius 2 is 1.88 bits per heavy atom. The zero-order chi connectivity index (χ0) is 22.2. The molecule has 0 aliphatic carbocycles. The number of carbonyl (C=O) groups excluding carboxylic acids is 1. The second-order valence-corrected chi connectivity index (χ2v) is 7.68. The Morgan fingerprint density at radius 1 is 1.09 bits per heavy atom. The number of benzene rings is 2. The van der Waals surface area contributed by atoms with Gasteiger partial charge < -0.3 is 19.7 Å². The lowest BCUT2D eigenvalue weighted by Crippen LogP contribution is -2.41. The minimum Gasteiger partial charge on any atom is -0.490 e. The van der Waals surface area contributed by atoms with E-state index in [1.54, 1.807) is 12.4 Å². The molecule has 1 fully saturated rings. The Bertz CT molecular complexity index is 1030. The van der Waals surface area contributed by atoms with Gasteiger partial charge in [-0.1, -0.05) is 42.5 Å². The van der Waals surface area contributed by atoms with E-state index in [4.69, 9.17) is 9.47 Å². The van der Waals surface area contributed by atoms with Crippen LogP contribution in [0.2, 0.25) is 0 Å². The number of piperidine rings is 1. The molecule has 0 bridgehead atoms. The maximum absolute atomic E-state index is 12.4. The van der Waals surface area contributed by atoms with Crippen LogP contribution in [0.3, 0.4) is 0 Å². The van der Waals surface area contributed by atoms with Gasteiger partial charge >= 0.3 is 0 Å². The number of hydrogen-bond acceptors (Lipinski definition) is 6. The summed E-state index contributed by atoms with van der Waals surface area (Å²) in [5.41, 5.74) is 0.956. The molecule has 1 N–H and O–H groups in total. The molecule has 7 nitrogen and oxygen atoms in total. The minimum atomic E-state index is -0.116. The largest absolute Gasteiger partial charge is 0.490 e. The highest BCUT2D eigenvalue weighted by molar-refractivity contribution is 5.91. The van der Waals surface area contributed by atoms with Crippen LogP contribution < -0.4 is 19.7 Å². The van der Waals surface area contributed by atoms with Gasteiger partial charge in [0.05, 0.1) is 32.0 Å². The SMILES string of the molecule is CCOc1ccccc1OC1CCCN(c2cncc(NC(=O)Cc3ccccc3)n2)C1. The fourth-order valence-electron chi connectivity index (χ4n) is 3.78. The number of aromatic nitrogens is 2. The van der Waals surface area contributed by atoms with E-state index in [1.165, 1.54) is 0 Å². The molecular formula is C25H28N4O3. The van der Waals surface area contributed by atoms with Gasteiger partial charge in [-0.15, -0.1) is 0 Å². The smallest absolute Gasteiger partial charge is 0.229 e. The molecule has 7 heteroatoms. The van der Waals surface area contributed by atoms with Crippen molar-refractivity contribution in [3.05, 3.63) is 72.6 Å². The fraction of sp³-hybridized carbons (Fsp3) is 0.320. The number of hydrogen-bond donors (Lipinski definition) is 1. The van der Waals surface area contributed by atoms with Crippen molar-refractivity contribution in [2.45, 2.75) is 32.3 Å². The number of carbonyl (C=O) groups is 1. The van der Waals surface area contributed by atoms with Crippen molar-refractivity contribution < 1.29 is 14.3 Å². The minimum absolute atomic E-state index is 0.0171. The highest BCUT2D eigenvalue weighted by Crippen LogP contribution is 2.29. The Labute approximate surface area is 188 Å². The predicted molar refractivity (Wildman–Crippen MR) is 124 cm³/mol. The lowest BCUT2D eigenvalue weighted by Gasteiger charge is -2.33. The lowest BCUT2D eigenvalue weighted by atomic mass is 10.1. The van der Waals surface area contributed by atoms with Crippen LogP contribution in [0.25, 0.3) is 0 Å². The molecule has 1 aliphatic rings. The van der Waals surface area contributed by atoms with Crippen molar-refractivity contribution >= 4 is 17.5 Å². The summed E-state index contributed by atoms with van der Waals surface area (Å²) in [4.78, 5) is 23.4. The van der Waals surface area contributed by atoms with Crippen LogP contribution in [-0.2, 0) is 11.2 Å². The summed E-state index contributed by atoms with van der Waals surface area (Å²) in [5.74, 6) is 2.58. The molecule has 1 aliphatic heterocycles. The average Bonchev–Trinajstić information content (AvgIpc) is 2.81. The monoisotopic (exact) mass is 432 g/mol. The molecule has 1 aromatic heterocycles. The van der Waals surface area contributed by atoms with Crippen molar-refractivity contribution in [2.75, 3.05) is 29.9 Å². The van der Waals surface area contributed by atoms with Gasteiger partial charge in [-0.2, -0.15) is 0 Å². The van der Waals surface area contributed by atoms with Crippen LogP contribution in [0.15, 0.2) is 67.0 Å². The van der Waals surface area contributed by atoms with E-state index in [2.05, 4.69) is 20.2 Å². The molecule has 1 unspecified atom stereocenters. The van der Waals surface area contributed by atoms with Gasteiger partial charge in [-0.25, -0.2) is 4.98 Å². The topological polar surface area (TPSA) is 76.6 Å². The van der Waals surface area contributed by atoms with Gasteiger partial charge in [-0.3, -0.25) is 9.78 Å². The molecule has 4 rings (SSSR count). The third kappa shape index (κ3) is 5.75. The molecule has 1 saturated heterocycles. The molecule has 0 saturated carbocycles.